The summed E-state index contributed by atoms with van der Waals surface area (Å²) in [5, 5.41) is 3.77. The molecule has 1 amide bonds. The van der Waals surface area contributed by atoms with Crippen LogP contribution in [-0.2, 0) is 16.6 Å². The van der Waals surface area contributed by atoms with E-state index in [0.29, 0.717) is 36.8 Å². The summed E-state index contributed by atoms with van der Waals surface area (Å²) in [6.07, 6.45) is 3.00. The predicted octanol–water partition coefficient (Wildman–Crippen LogP) is 1.97. The molecule has 0 bridgehead atoms. The summed E-state index contributed by atoms with van der Waals surface area (Å²) >= 11 is 0. The van der Waals surface area contributed by atoms with E-state index in [1.165, 1.54) is 16.6 Å². The Hall–Kier alpha value is -3.11. The van der Waals surface area contributed by atoms with Crippen molar-refractivity contribution in [3.05, 3.63) is 54.1 Å². The molecule has 4 heterocycles. The quantitative estimate of drug-likeness (QED) is 0.644. The first kappa shape index (κ1) is 18.0. The summed E-state index contributed by atoms with van der Waals surface area (Å²) in [5.41, 5.74) is 1.34. The van der Waals surface area contributed by atoms with Crippen LogP contribution < -0.4 is 4.74 Å². The number of fused-ring (bicyclic) bond motifs is 3. The number of benzene rings is 1. The second kappa shape index (κ2) is 6.75. The molecule has 0 radical (unpaired) electrons. The van der Waals surface area contributed by atoms with E-state index in [1.807, 2.05) is 0 Å². The SMILES string of the molecule is O=C(c1ccco1)N1CCN(S(=O)(=O)c2ccc3c(c2)-c2oncc2CO3)CC1. The Kier molecular flexibility index (Phi) is 4.18. The average molecular weight is 415 g/mol. The molecule has 10 heteroatoms. The highest BCUT2D eigenvalue weighted by Gasteiger charge is 2.32. The van der Waals surface area contributed by atoms with Gasteiger partial charge in [-0.1, -0.05) is 5.16 Å². The van der Waals surface area contributed by atoms with Crippen molar-refractivity contribution in [2.24, 2.45) is 0 Å². The molecule has 0 aliphatic carbocycles. The zero-order chi connectivity index (χ0) is 20.0. The number of amides is 1. The summed E-state index contributed by atoms with van der Waals surface area (Å²) in [5.74, 6) is 1.09. The van der Waals surface area contributed by atoms with E-state index in [-0.39, 0.29) is 29.7 Å². The zero-order valence-corrected chi connectivity index (χ0v) is 16.1. The number of nitrogens with zero attached hydrogens (tertiary/aromatic N) is 3. The van der Waals surface area contributed by atoms with Gasteiger partial charge in [-0.3, -0.25) is 4.79 Å². The topological polar surface area (TPSA) is 106 Å². The zero-order valence-electron chi connectivity index (χ0n) is 15.3. The molecule has 5 rings (SSSR count). The lowest BCUT2D eigenvalue weighted by Crippen LogP contribution is -2.50. The van der Waals surface area contributed by atoms with E-state index in [0.717, 1.165) is 5.56 Å². The third kappa shape index (κ3) is 3.00. The second-order valence-corrected chi connectivity index (χ2v) is 8.74. The number of hydrogen-bond acceptors (Lipinski definition) is 7. The van der Waals surface area contributed by atoms with Crippen molar-refractivity contribution in [3.8, 4) is 17.1 Å². The standard InChI is InChI=1S/C19H17N3O6S/c23-19(17-2-1-9-26-17)21-5-7-22(8-6-21)29(24,25)14-3-4-16-15(10-14)18-13(12-27-16)11-20-28-18/h1-4,9-11H,5-8,12H2. The molecule has 0 saturated carbocycles. The number of carbonyl (C=O) groups is 1. The smallest absolute Gasteiger partial charge is 0.289 e. The molecule has 150 valence electrons. The van der Waals surface area contributed by atoms with Crippen LogP contribution in [0.2, 0.25) is 0 Å². The number of carbonyl (C=O) groups excluding carboxylic acids is 1. The van der Waals surface area contributed by atoms with E-state index in [9.17, 15) is 13.2 Å². The van der Waals surface area contributed by atoms with Gasteiger partial charge in [0.1, 0.15) is 12.4 Å². The average Bonchev–Trinajstić information content (AvgIpc) is 3.45. The molecule has 3 aromatic rings. The molecule has 9 nitrogen and oxygen atoms in total. The summed E-state index contributed by atoms with van der Waals surface area (Å²) in [6.45, 7) is 1.33. The second-order valence-electron chi connectivity index (χ2n) is 6.80. The van der Waals surface area contributed by atoms with Gasteiger partial charge in [0.2, 0.25) is 10.0 Å². The maximum absolute atomic E-state index is 13.1. The third-order valence-corrected chi connectivity index (χ3v) is 7.01. The summed E-state index contributed by atoms with van der Waals surface area (Å²) in [6, 6.07) is 7.95. The van der Waals surface area contributed by atoms with Gasteiger partial charge in [0.15, 0.2) is 11.5 Å². The van der Waals surface area contributed by atoms with Gasteiger partial charge in [0, 0.05) is 26.2 Å². The van der Waals surface area contributed by atoms with Gasteiger partial charge in [0.25, 0.3) is 5.91 Å². The highest BCUT2D eigenvalue weighted by Crippen LogP contribution is 2.39. The Labute approximate surface area is 166 Å². The molecule has 2 aliphatic heterocycles. The third-order valence-electron chi connectivity index (χ3n) is 5.12. The fourth-order valence-electron chi connectivity index (χ4n) is 3.55. The lowest BCUT2D eigenvalue weighted by Gasteiger charge is -2.33. The molecule has 2 aliphatic rings. The van der Waals surface area contributed by atoms with Crippen LogP contribution >= 0.6 is 0 Å². The van der Waals surface area contributed by atoms with E-state index >= 15 is 0 Å². The normalized spacial score (nSPS) is 16.8. The highest BCUT2D eigenvalue weighted by atomic mass is 32.2. The monoisotopic (exact) mass is 415 g/mol. The van der Waals surface area contributed by atoms with Gasteiger partial charge in [-0.15, -0.1) is 0 Å². The van der Waals surface area contributed by atoms with Crippen LogP contribution in [0.1, 0.15) is 16.1 Å². The van der Waals surface area contributed by atoms with Crippen molar-refractivity contribution in [2.75, 3.05) is 26.2 Å². The largest absolute Gasteiger partial charge is 0.488 e. The van der Waals surface area contributed by atoms with Gasteiger partial charge >= 0.3 is 0 Å². The van der Waals surface area contributed by atoms with Crippen LogP contribution in [0.15, 0.2) is 56.6 Å². The molecule has 1 saturated heterocycles. The fraction of sp³-hybridized carbons (Fsp3) is 0.263. The minimum atomic E-state index is -3.73. The summed E-state index contributed by atoms with van der Waals surface area (Å²) < 4.78 is 43.7. The molecule has 0 atom stereocenters. The number of rotatable bonds is 3. The Morgan fingerprint density at radius 1 is 1.10 bits per heavy atom. The molecule has 2 aromatic heterocycles. The number of piperazine rings is 1. The first-order valence-corrected chi connectivity index (χ1v) is 10.5. The maximum Gasteiger partial charge on any atom is 0.289 e. The van der Waals surface area contributed by atoms with Crippen molar-refractivity contribution in [1.29, 1.82) is 0 Å². The molecular weight excluding hydrogens is 398 g/mol. The Balaban J connectivity index is 1.36. The van der Waals surface area contributed by atoms with Crippen LogP contribution in [0.3, 0.4) is 0 Å². The van der Waals surface area contributed by atoms with Crippen molar-refractivity contribution in [3.63, 3.8) is 0 Å². The predicted molar refractivity (Wildman–Crippen MR) is 99.6 cm³/mol. The number of hydrogen-bond donors (Lipinski definition) is 0. The van der Waals surface area contributed by atoms with Gasteiger partial charge in [0.05, 0.1) is 28.5 Å². The molecule has 1 fully saturated rings. The van der Waals surface area contributed by atoms with Crippen molar-refractivity contribution >= 4 is 15.9 Å². The van der Waals surface area contributed by atoms with Gasteiger partial charge in [-0.05, 0) is 30.3 Å². The van der Waals surface area contributed by atoms with Gasteiger partial charge in [-0.25, -0.2) is 8.42 Å². The summed E-state index contributed by atoms with van der Waals surface area (Å²) in [4.78, 5) is 14.1. The van der Waals surface area contributed by atoms with E-state index in [1.54, 1.807) is 35.4 Å². The van der Waals surface area contributed by atoms with Crippen molar-refractivity contribution in [2.45, 2.75) is 11.5 Å². The van der Waals surface area contributed by atoms with Crippen LogP contribution in [0, 0.1) is 0 Å². The number of sulfonamides is 1. The van der Waals surface area contributed by atoms with Crippen LogP contribution in [0.25, 0.3) is 11.3 Å². The lowest BCUT2D eigenvalue weighted by molar-refractivity contribution is 0.0666. The minimum absolute atomic E-state index is 0.148. The van der Waals surface area contributed by atoms with Crippen LogP contribution in [-0.4, -0.2) is 54.9 Å². The van der Waals surface area contributed by atoms with Crippen molar-refractivity contribution in [1.82, 2.24) is 14.4 Å². The fourth-order valence-corrected chi connectivity index (χ4v) is 5.00. The minimum Gasteiger partial charge on any atom is -0.488 e. The van der Waals surface area contributed by atoms with Crippen LogP contribution in [0.5, 0.6) is 5.75 Å². The molecule has 0 unspecified atom stereocenters. The van der Waals surface area contributed by atoms with Gasteiger partial charge in [-0.2, -0.15) is 4.31 Å². The van der Waals surface area contributed by atoms with E-state index in [4.69, 9.17) is 13.7 Å². The highest BCUT2D eigenvalue weighted by molar-refractivity contribution is 7.89. The number of aromatic nitrogens is 1. The van der Waals surface area contributed by atoms with Gasteiger partial charge < -0.3 is 18.6 Å². The van der Waals surface area contributed by atoms with Crippen LogP contribution in [0.4, 0.5) is 0 Å². The molecule has 1 aromatic carbocycles. The lowest BCUT2D eigenvalue weighted by atomic mass is 10.1. The maximum atomic E-state index is 13.1. The number of ether oxygens (including phenoxy) is 1. The van der Waals surface area contributed by atoms with Crippen molar-refractivity contribution < 1.29 is 26.9 Å². The first-order valence-electron chi connectivity index (χ1n) is 9.08. The number of furan rings is 1. The summed E-state index contributed by atoms with van der Waals surface area (Å²) in [7, 11) is -3.73. The first-order chi connectivity index (χ1) is 14.0. The molecule has 0 N–H and O–H groups in total. The van der Waals surface area contributed by atoms with E-state index in [2.05, 4.69) is 5.16 Å². The Morgan fingerprint density at radius 3 is 2.69 bits per heavy atom. The van der Waals surface area contributed by atoms with E-state index < -0.39 is 10.0 Å². The molecular formula is C19H17N3O6S. The molecule has 0 spiro atoms. The Bertz CT molecular complexity index is 1160. The molecule has 29 heavy (non-hydrogen) atoms. The Morgan fingerprint density at radius 2 is 1.93 bits per heavy atom.